The van der Waals surface area contributed by atoms with Crippen LogP contribution in [0.3, 0.4) is 0 Å². The van der Waals surface area contributed by atoms with Gasteiger partial charge < -0.3 is 10.6 Å². The fourth-order valence-electron chi connectivity index (χ4n) is 3.53. The van der Waals surface area contributed by atoms with Gasteiger partial charge in [0, 0.05) is 29.4 Å². The van der Waals surface area contributed by atoms with Crippen LogP contribution < -0.4 is 5.73 Å². The molecule has 1 atom stereocenters. The Hall–Kier alpha value is -1.01. The van der Waals surface area contributed by atoms with E-state index in [1.165, 1.54) is 38.8 Å². The highest BCUT2D eigenvalue weighted by atomic mass is 32.2. The van der Waals surface area contributed by atoms with E-state index in [-0.39, 0.29) is 0 Å². The second-order valence-electron chi connectivity index (χ2n) is 6.39. The Labute approximate surface area is 130 Å². The molecule has 116 valence electrons. The molecule has 0 bridgehead atoms. The fraction of sp³-hybridized carbons (Fsp3) is 0.733. The van der Waals surface area contributed by atoms with Gasteiger partial charge in [-0.05, 0) is 44.6 Å². The topological polar surface area (TPSA) is 75.0 Å². The number of aromatic amines is 1. The Morgan fingerprint density at radius 3 is 2.95 bits per heavy atom. The number of likely N-dealkylation sites (tertiary alicyclic amines) is 1. The second kappa shape index (κ2) is 6.01. The predicted octanol–water partition coefficient (Wildman–Crippen LogP) is 1.97. The summed E-state index contributed by atoms with van der Waals surface area (Å²) in [6.07, 6.45) is 8.69. The first kappa shape index (κ1) is 14.9. The summed E-state index contributed by atoms with van der Waals surface area (Å²) >= 11 is 2.03. The van der Waals surface area contributed by atoms with Gasteiger partial charge in [0.05, 0.1) is 0 Å². The van der Waals surface area contributed by atoms with E-state index in [1.807, 2.05) is 17.8 Å². The van der Waals surface area contributed by atoms with Crippen LogP contribution in [-0.4, -0.2) is 51.6 Å². The normalized spacial score (nSPS) is 25.5. The number of nitrogens with one attached hydrogen (secondary N) is 1. The molecule has 3 N–H and O–H groups in total. The molecule has 3 rings (SSSR count). The van der Waals surface area contributed by atoms with Crippen molar-refractivity contribution in [3.05, 3.63) is 17.5 Å². The molecule has 1 amide bonds. The summed E-state index contributed by atoms with van der Waals surface area (Å²) in [6, 6.07) is 1.82. The van der Waals surface area contributed by atoms with Crippen LogP contribution in [0.4, 0.5) is 0 Å². The van der Waals surface area contributed by atoms with Gasteiger partial charge in [0.15, 0.2) is 0 Å². The average molecular weight is 308 g/mol. The minimum absolute atomic E-state index is 0.349. The highest BCUT2D eigenvalue weighted by molar-refractivity contribution is 8.00. The molecule has 1 saturated carbocycles. The molecule has 2 fully saturated rings. The Kier molecular flexibility index (Phi) is 4.26. The Balaban J connectivity index is 1.63. The number of carbonyl (C=O) groups is 1. The standard InChI is InChI=1S/C15H24N4OS/c1-21-15(5-3-6-15)10-19-7-2-4-11(9-19)12-8-13(14(16)20)18-17-12/h8,11H,2-7,9-10H2,1H3,(H2,16,20)(H,17,18). The molecule has 2 heterocycles. The van der Waals surface area contributed by atoms with Gasteiger partial charge in [-0.2, -0.15) is 16.9 Å². The van der Waals surface area contributed by atoms with Gasteiger partial charge in [-0.25, -0.2) is 0 Å². The van der Waals surface area contributed by atoms with Gasteiger partial charge in [0.1, 0.15) is 5.69 Å². The number of carbonyl (C=O) groups excluding carboxylic acids is 1. The molecule has 1 aromatic rings. The molecule has 1 aromatic heterocycles. The number of H-pyrrole nitrogens is 1. The molecule has 1 aliphatic heterocycles. The Morgan fingerprint density at radius 2 is 2.38 bits per heavy atom. The summed E-state index contributed by atoms with van der Waals surface area (Å²) in [5.74, 6) is -0.0145. The van der Waals surface area contributed by atoms with Crippen LogP contribution in [0.15, 0.2) is 6.07 Å². The predicted molar refractivity (Wildman–Crippen MR) is 85.6 cm³/mol. The molecule has 1 unspecified atom stereocenters. The molecule has 21 heavy (non-hydrogen) atoms. The van der Waals surface area contributed by atoms with E-state index in [4.69, 9.17) is 5.73 Å². The minimum atomic E-state index is -0.457. The Morgan fingerprint density at radius 1 is 1.57 bits per heavy atom. The largest absolute Gasteiger partial charge is 0.364 e. The number of thioether (sulfide) groups is 1. The zero-order chi connectivity index (χ0) is 14.9. The van der Waals surface area contributed by atoms with Crippen LogP contribution in [0.2, 0.25) is 0 Å². The molecule has 0 aromatic carbocycles. The quantitative estimate of drug-likeness (QED) is 0.872. The van der Waals surface area contributed by atoms with Crippen molar-refractivity contribution in [2.24, 2.45) is 5.73 Å². The highest BCUT2D eigenvalue weighted by Gasteiger charge is 2.38. The van der Waals surface area contributed by atoms with Crippen molar-refractivity contribution < 1.29 is 4.79 Å². The number of nitrogens with zero attached hydrogens (tertiary/aromatic N) is 2. The summed E-state index contributed by atoms with van der Waals surface area (Å²) in [5.41, 5.74) is 6.68. The van der Waals surface area contributed by atoms with Crippen molar-refractivity contribution in [1.82, 2.24) is 15.1 Å². The lowest BCUT2D eigenvalue weighted by molar-refractivity contribution is 0.0995. The molecular weight excluding hydrogens is 284 g/mol. The maximum Gasteiger partial charge on any atom is 0.269 e. The zero-order valence-electron chi connectivity index (χ0n) is 12.6. The van der Waals surface area contributed by atoms with Crippen molar-refractivity contribution in [2.45, 2.75) is 42.8 Å². The number of piperidine rings is 1. The molecule has 1 saturated heterocycles. The van der Waals surface area contributed by atoms with Crippen LogP contribution in [0.25, 0.3) is 0 Å². The lowest BCUT2D eigenvalue weighted by Crippen LogP contribution is -2.48. The number of primary amides is 1. The van der Waals surface area contributed by atoms with Crippen molar-refractivity contribution in [3.8, 4) is 0 Å². The lowest BCUT2D eigenvalue weighted by atomic mass is 9.83. The minimum Gasteiger partial charge on any atom is -0.364 e. The molecule has 1 aliphatic carbocycles. The van der Waals surface area contributed by atoms with Crippen LogP contribution in [-0.2, 0) is 0 Å². The summed E-state index contributed by atoms with van der Waals surface area (Å²) < 4.78 is 0.494. The number of nitrogens with two attached hydrogens (primary N) is 1. The molecule has 0 radical (unpaired) electrons. The smallest absolute Gasteiger partial charge is 0.269 e. The van der Waals surface area contributed by atoms with E-state index in [0.717, 1.165) is 18.7 Å². The van der Waals surface area contributed by atoms with Gasteiger partial charge in [0.2, 0.25) is 0 Å². The lowest BCUT2D eigenvalue weighted by Gasteiger charge is -2.45. The van der Waals surface area contributed by atoms with Crippen molar-refractivity contribution in [1.29, 1.82) is 0 Å². The van der Waals surface area contributed by atoms with E-state index in [2.05, 4.69) is 21.4 Å². The monoisotopic (exact) mass is 308 g/mol. The molecule has 6 heteroatoms. The third kappa shape index (κ3) is 3.11. The summed E-state index contributed by atoms with van der Waals surface area (Å²) in [6.45, 7) is 3.44. The molecule has 5 nitrogen and oxygen atoms in total. The number of amides is 1. The van der Waals surface area contributed by atoms with Gasteiger partial charge >= 0.3 is 0 Å². The van der Waals surface area contributed by atoms with E-state index in [1.54, 1.807) is 0 Å². The zero-order valence-corrected chi connectivity index (χ0v) is 13.4. The number of hydrogen-bond donors (Lipinski definition) is 2. The summed E-state index contributed by atoms with van der Waals surface area (Å²) in [7, 11) is 0. The third-order valence-corrected chi connectivity index (χ3v) is 6.41. The SMILES string of the molecule is CSC1(CN2CCCC(c3cc(C(N)=O)n[nH]3)C2)CCC1. The molecular formula is C15H24N4OS. The van der Waals surface area contributed by atoms with Gasteiger partial charge in [0.25, 0.3) is 5.91 Å². The first-order valence-electron chi connectivity index (χ1n) is 7.74. The van der Waals surface area contributed by atoms with Crippen LogP contribution >= 0.6 is 11.8 Å². The third-order valence-electron chi connectivity index (χ3n) is 5.01. The number of hydrogen-bond acceptors (Lipinski definition) is 4. The van der Waals surface area contributed by atoms with Gasteiger partial charge in [-0.1, -0.05) is 6.42 Å². The Bertz CT molecular complexity index is 506. The van der Waals surface area contributed by atoms with Crippen LogP contribution in [0, 0.1) is 0 Å². The average Bonchev–Trinajstić information content (AvgIpc) is 2.93. The maximum absolute atomic E-state index is 11.2. The number of aromatic nitrogens is 2. The summed E-state index contributed by atoms with van der Waals surface area (Å²) in [5, 5.41) is 7.01. The van der Waals surface area contributed by atoms with Crippen LogP contribution in [0.1, 0.15) is 54.2 Å². The number of rotatable bonds is 5. The second-order valence-corrected chi connectivity index (χ2v) is 7.66. The summed E-state index contributed by atoms with van der Waals surface area (Å²) in [4.78, 5) is 13.8. The van der Waals surface area contributed by atoms with Gasteiger partial charge in [-0.15, -0.1) is 0 Å². The van der Waals surface area contributed by atoms with E-state index < -0.39 is 5.91 Å². The maximum atomic E-state index is 11.2. The van der Waals surface area contributed by atoms with E-state index in [9.17, 15) is 4.79 Å². The van der Waals surface area contributed by atoms with Crippen molar-refractivity contribution >= 4 is 17.7 Å². The molecule has 0 spiro atoms. The molecule has 2 aliphatic rings. The highest BCUT2D eigenvalue weighted by Crippen LogP contribution is 2.44. The van der Waals surface area contributed by atoms with Crippen molar-refractivity contribution in [2.75, 3.05) is 25.9 Å². The van der Waals surface area contributed by atoms with E-state index in [0.29, 0.717) is 16.4 Å². The fourth-order valence-corrected chi connectivity index (χ4v) is 4.54. The van der Waals surface area contributed by atoms with E-state index >= 15 is 0 Å². The van der Waals surface area contributed by atoms with Crippen molar-refractivity contribution in [3.63, 3.8) is 0 Å². The van der Waals surface area contributed by atoms with Crippen LogP contribution in [0.5, 0.6) is 0 Å². The first-order valence-corrected chi connectivity index (χ1v) is 8.97. The van der Waals surface area contributed by atoms with Gasteiger partial charge in [-0.3, -0.25) is 9.89 Å². The first-order chi connectivity index (χ1) is 10.1.